The Balaban J connectivity index is 1.65. The number of hydrogen-bond acceptors (Lipinski definition) is 5. The second-order valence-corrected chi connectivity index (χ2v) is 6.41. The lowest BCUT2D eigenvalue weighted by Crippen LogP contribution is -2.31. The Morgan fingerprint density at radius 1 is 1.40 bits per heavy atom. The molecule has 0 spiro atoms. The van der Waals surface area contributed by atoms with Gasteiger partial charge in [-0.15, -0.1) is 0 Å². The highest BCUT2D eigenvalue weighted by atomic mass is 35.5. The fourth-order valence-corrected chi connectivity index (χ4v) is 2.97. The maximum Gasteiger partial charge on any atom is 0.248 e. The normalized spacial score (nSPS) is 15.3. The van der Waals surface area contributed by atoms with Gasteiger partial charge in [0, 0.05) is 24.7 Å². The van der Waals surface area contributed by atoms with Gasteiger partial charge in [0.05, 0.1) is 16.4 Å². The van der Waals surface area contributed by atoms with E-state index in [0.717, 1.165) is 6.42 Å². The average Bonchev–Trinajstić information content (AvgIpc) is 3.16. The molecule has 1 fully saturated rings. The zero-order chi connectivity index (χ0) is 18.0. The summed E-state index contributed by atoms with van der Waals surface area (Å²) in [5.41, 5.74) is 2.08. The van der Waals surface area contributed by atoms with E-state index in [1.807, 2.05) is 0 Å². The van der Waals surface area contributed by atoms with E-state index in [-0.39, 0.29) is 11.8 Å². The van der Waals surface area contributed by atoms with Gasteiger partial charge in [-0.05, 0) is 38.5 Å². The van der Waals surface area contributed by atoms with Crippen LogP contribution in [0.1, 0.15) is 25.5 Å². The van der Waals surface area contributed by atoms with E-state index in [2.05, 4.69) is 15.8 Å². The lowest BCUT2D eigenvalue weighted by molar-refractivity contribution is -0.117. The van der Waals surface area contributed by atoms with E-state index in [1.165, 1.54) is 0 Å². The molecule has 132 valence electrons. The van der Waals surface area contributed by atoms with Crippen molar-refractivity contribution in [3.05, 3.63) is 35.0 Å². The lowest BCUT2D eigenvalue weighted by atomic mass is 10.2. The van der Waals surface area contributed by atoms with Crippen LogP contribution in [-0.2, 0) is 9.59 Å². The van der Waals surface area contributed by atoms with Crippen molar-refractivity contribution in [2.24, 2.45) is 0 Å². The number of amides is 2. The fraction of sp³-hybridized carbons (Fsp3) is 0.353. The summed E-state index contributed by atoms with van der Waals surface area (Å²) in [7, 11) is 0. The van der Waals surface area contributed by atoms with E-state index in [0.29, 0.717) is 40.9 Å². The zero-order valence-electron chi connectivity index (χ0n) is 14.0. The molecule has 8 heteroatoms. The Kier molecular flexibility index (Phi) is 4.94. The molecule has 0 saturated carbocycles. The Labute approximate surface area is 150 Å². The van der Waals surface area contributed by atoms with E-state index in [4.69, 9.17) is 16.1 Å². The van der Waals surface area contributed by atoms with Crippen molar-refractivity contribution in [3.63, 3.8) is 0 Å². The van der Waals surface area contributed by atoms with Crippen LogP contribution in [0.5, 0.6) is 0 Å². The minimum absolute atomic E-state index is 0.0812. The summed E-state index contributed by atoms with van der Waals surface area (Å²) in [6.45, 7) is 4.18. The summed E-state index contributed by atoms with van der Waals surface area (Å²) in [6.07, 6.45) is 1.39. The third-order valence-corrected chi connectivity index (χ3v) is 4.27. The maximum absolute atomic E-state index is 12.2. The molecule has 0 bridgehead atoms. The van der Waals surface area contributed by atoms with Crippen molar-refractivity contribution in [2.75, 3.05) is 22.1 Å². The first-order valence-corrected chi connectivity index (χ1v) is 8.42. The van der Waals surface area contributed by atoms with E-state index >= 15 is 0 Å². The Bertz CT molecular complexity index is 805. The second-order valence-electron chi connectivity index (χ2n) is 6.00. The number of nitrogens with zero attached hydrogens (tertiary/aromatic N) is 2. The van der Waals surface area contributed by atoms with Gasteiger partial charge in [-0.25, -0.2) is 0 Å². The van der Waals surface area contributed by atoms with Gasteiger partial charge in [0.15, 0.2) is 0 Å². The number of benzene rings is 1. The highest BCUT2D eigenvalue weighted by Crippen LogP contribution is 2.31. The molecule has 0 radical (unpaired) electrons. The summed E-state index contributed by atoms with van der Waals surface area (Å²) in [5, 5.41) is 9.91. The van der Waals surface area contributed by atoms with Crippen LogP contribution >= 0.6 is 11.6 Å². The van der Waals surface area contributed by atoms with Crippen molar-refractivity contribution in [1.29, 1.82) is 0 Å². The van der Waals surface area contributed by atoms with E-state index in [1.54, 1.807) is 43.0 Å². The van der Waals surface area contributed by atoms with Crippen molar-refractivity contribution >= 4 is 40.7 Å². The second kappa shape index (κ2) is 7.14. The number of nitrogens with one attached hydrogen (secondary N) is 2. The lowest BCUT2D eigenvalue weighted by Gasteiger charge is -2.19. The molecule has 1 aliphatic heterocycles. The third kappa shape index (κ3) is 3.93. The van der Waals surface area contributed by atoms with Crippen LogP contribution in [-0.4, -0.2) is 29.6 Å². The quantitative estimate of drug-likeness (QED) is 0.852. The van der Waals surface area contributed by atoms with Crippen LogP contribution in [0.2, 0.25) is 5.02 Å². The molecular weight excluding hydrogens is 344 g/mol. The maximum atomic E-state index is 12.2. The molecule has 2 aromatic rings. The highest BCUT2D eigenvalue weighted by molar-refractivity contribution is 6.34. The average molecular weight is 363 g/mol. The number of halogens is 1. The van der Waals surface area contributed by atoms with Crippen molar-refractivity contribution in [3.8, 4) is 0 Å². The molecule has 2 amide bonds. The molecule has 3 rings (SSSR count). The Morgan fingerprint density at radius 3 is 2.80 bits per heavy atom. The first-order chi connectivity index (χ1) is 11.9. The fourth-order valence-electron chi connectivity index (χ4n) is 2.69. The molecule has 2 N–H and O–H groups in total. The van der Waals surface area contributed by atoms with Crippen LogP contribution in [0.25, 0.3) is 0 Å². The first kappa shape index (κ1) is 17.3. The van der Waals surface area contributed by atoms with Gasteiger partial charge >= 0.3 is 0 Å². The van der Waals surface area contributed by atoms with Crippen LogP contribution in [0.15, 0.2) is 28.8 Å². The van der Waals surface area contributed by atoms with Gasteiger partial charge in [0.25, 0.3) is 0 Å². The molecule has 2 heterocycles. The van der Waals surface area contributed by atoms with E-state index in [9.17, 15) is 9.59 Å². The molecule has 1 unspecified atom stereocenters. The highest BCUT2D eigenvalue weighted by Gasteiger charge is 2.24. The minimum atomic E-state index is -0.513. The van der Waals surface area contributed by atoms with Gasteiger partial charge in [0.2, 0.25) is 17.7 Å². The van der Waals surface area contributed by atoms with Crippen LogP contribution in [0.3, 0.4) is 0 Å². The number of aromatic nitrogens is 1. The molecule has 25 heavy (non-hydrogen) atoms. The number of carbonyl (C=O) groups is 2. The van der Waals surface area contributed by atoms with Crippen molar-refractivity contribution in [1.82, 2.24) is 5.16 Å². The molecule has 1 aromatic heterocycles. The molecule has 0 aliphatic carbocycles. The van der Waals surface area contributed by atoms with Gasteiger partial charge in [-0.1, -0.05) is 16.8 Å². The number of hydrogen-bond donors (Lipinski definition) is 2. The number of carbonyl (C=O) groups excluding carboxylic acids is 2. The standard InChI is InChI=1S/C17H19ClN4O3/c1-10-8-15(25-21-10)20-17(24)11(2)19-12-5-6-14(13(18)9-12)22-7-3-4-16(22)23/h5-6,8-9,11,19H,3-4,7H2,1-2H3,(H,20,24). The van der Waals surface area contributed by atoms with Crippen LogP contribution in [0.4, 0.5) is 17.3 Å². The van der Waals surface area contributed by atoms with Crippen LogP contribution in [0, 0.1) is 6.92 Å². The SMILES string of the molecule is Cc1cc(NC(=O)C(C)Nc2ccc(N3CCCC3=O)c(Cl)c2)on1. The number of anilines is 3. The molecule has 7 nitrogen and oxygen atoms in total. The minimum Gasteiger partial charge on any atom is -0.374 e. The molecule has 1 atom stereocenters. The van der Waals surface area contributed by atoms with Crippen molar-refractivity contribution in [2.45, 2.75) is 32.7 Å². The molecule has 1 saturated heterocycles. The van der Waals surface area contributed by atoms with Gasteiger partial charge in [-0.3, -0.25) is 14.9 Å². The Morgan fingerprint density at radius 2 is 2.20 bits per heavy atom. The Hall–Kier alpha value is -2.54. The van der Waals surface area contributed by atoms with Gasteiger partial charge in [0.1, 0.15) is 6.04 Å². The smallest absolute Gasteiger partial charge is 0.248 e. The summed E-state index contributed by atoms with van der Waals surface area (Å²) in [4.78, 5) is 25.7. The number of aryl methyl sites for hydroxylation is 1. The predicted octanol–water partition coefficient (Wildman–Crippen LogP) is 3.20. The molecular formula is C17H19ClN4O3. The monoisotopic (exact) mass is 362 g/mol. The summed E-state index contributed by atoms with van der Waals surface area (Å²) < 4.78 is 4.97. The molecule has 1 aliphatic rings. The molecule has 1 aromatic carbocycles. The topological polar surface area (TPSA) is 87.5 Å². The summed E-state index contributed by atoms with van der Waals surface area (Å²) >= 11 is 6.31. The zero-order valence-corrected chi connectivity index (χ0v) is 14.8. The first-order valence-electron chi connectivity index (χ1n) is 8.04. The van der Waals surface area contributed by atoms with Crippen molar-refractivity contribution < 1.29 is 14.1 Å². The van der Waals surface area contributed by atoms with Gasteiger partial charge < -0.3 is 14.7 Å². The predicted molar refractivity (Wildman–Crippen MR) is 96.0 cm³/mol. The van der Waals surface area contributed by atoms with Crippen LogP contribution < -0.4 is 15.5 Å². The van der Waals surface area contributed by atoms with Gasteiger partial charge in [-0.2, -0.15) is 0 Å². The third-order valence-electron chi connectivity index (χ3n) is 3.96. The largest absolute Gasteiger partial charge is 0.374 e. The number of rotatable bonds is 5. The summed E-state index contributed by atoms with van der Waals surface area (Å²) in [5.74, 6) is 0.126. The summed E-state index contributed by atoms with van der Waals surface area (Å²) in [6, 6.07) is 6.43. The van der Waals surface area contributed by atoms with E-state index < -0.39 is 6.04 Å².